The van der Waals surface area contributed by atoms with E-state index in [9.17, 15) is 22.8 Å². The predicted molar refractivity (Wildman–Crippen MR) is 152 cm³/mol. The molecule has 2 atom stereocenters. The van der Waals surface area contributed by atoms with E-state index >= 15 is 4.39 Å². The quantitative estimate of drug-likeness (QED) is 0.224. The molecule has 0 spiro atoms. The first kappa shape index (κ1) is 30.5. The predicted octanol–water partition coefficient (Wildman–Crippen LogP) is 3.58. The Bertz CT molecular complexity index is 1460. The van der Waals surface area contributed by atoms with Gasteiger partial charge in [-0.2, -0.15) is 23.1 Å². The molecule has 4 aliphatic rings. The Kier molecular flexibility index (Phi) is 7.93. The summed E-state index contributed by atoms with van der Waals surface area (Å²) in [7, 11) is 0. The molecule has 6 rings (SSSR count). The fraction of sp³-hybridized carbons (Fsp3) is 0.600. The first-order valence-electron chi connectivity index (χ1n) is 15.0. The van der Waals surface area contributed by atoms with Gasteiger partial charge in [-0.05, 0) is 64.3 Å². The molecule has 0 aliphatic carbocycles. The van der Waals surface area contributed by atoms with Crippen LogP contribution in [0.5, 0.6) is 6.01 Å². The van der Waals surface area contributed by atoms with Crippen LogP contribution in [0.4, 0.5) is 29.1 Å². The van der Waals surface area contributed by atoms with Gasteiger partial charge in [0.2, 0.25) is 6.29 Å². The lowest BCUT2D eigenvalue weighted by molar-refractivity contribution is -0.140. The van der Waals surface area contributed by atoms with Gasteiger partial charge in [-0.15, -0.1) is 0 Å². The smallest absolute Gasteiger partial charge is 0.417 e. The number of alkyl halides is 3. The van der Waals surface area contributed by atoms with Gasteiger partial charge in [-0.3, -0.25) is 14.5 Å². The number of aromatic nitrogens is 2. The first-order chi connectivity index (χ1) is 20.9. The zero-order valence-electron chi connectivity index (χ0n) is 24.8. The number of piperazine rings is 1. The van der Waals surface area contributed by atoms with Crippen molar-refractivity contribution in [3.8, 4) is 6.01 Å². The fourth-order valence-electron chi connectivity index (χ4n) is 7.45. The first-order valence-corrected chi connectivity index (χ1v) is 15.0. The number of ether oxygens (including phenoxy) is 2. The van der Waals surface area contributed by atoms with Crippen molar-refractivity contribution in [1.29, 1.82) is 0 Å². The summed E-state index contributed by atoms with van der Waals surface area (Å²) in [5.74, 6) is -1.27. The number of nitrogens with two attached hydrogens (primary N) is 1. The second-order valence-corrected chi connectivity index (χ2v) is 12.3. The number of carbonyl (C=O) groups is 2. The van der Waals surface area contributed by atoms with Crippen LogP contribution in [-0.4, -0.2) is 82.9 Å². The van der Waals surface area contributed by atoms with Crippen molar-refractivity contribution in [2.24, 2.45) is 0 Å². The highest BCUT2D eigenvalue weighted by molar-refractivity contribution is 6.23. The topological polar surface area (TPSA) is 114 Å². The van der Waals surface area contributed by atoms with E-state index in [2.05, 4.69) is 9.88 Å². The molecule has 1 amide bonds. The molecule has 14 heteroatoms. The van der Waals surface area contributed by atoms with E-state index in [1.807, 2.05) is 11.8 Å². The van der Waals surface area contributed by atoms with E-state index in [1.54, 1.807) is 0 Å². The van der Waals surface area contributed by atoms with Crippen LogP contribution in [-0.2, 0) is 33.5 Å². The number of aldehydes is 1. The summed E-state index contributed by atoms with van der Waals surface area (Å²) in [5.41, 5.74) is 4.33. The largest absolute Gasteiger partial charge is 0.461 e. The van der Waals surface area contributed by atoms with Gasteiger partial charge < -0.3 is 25.0 Å². The molecule has 1 unspecified atom stereocenters. The van der Waals surface area contributed by atoms with Gasteiger partial charge >= 0.3 is 12.2 Å². The highest BCUT2D eigenvalue weighted by atomic mass is 19.4. The number of benzene rings is 1. The number of anilines is 2. The summed E-state index contributed by atoms with van der Waals surface area (Å²) in [6.45, 7) is 6.27. The van der Waals surface area contributed by atoms with Gasteiger partial charge in [-0.1, -0.05) is 0 Å². The number of nitrogens with zero attached hydrogens (tertiary/aromatic N) is 5. The van der Waals surface area contributed by atoms with Gasteiger partial charge in [0.1, 0.15) is 12.4 Å². The van der Waals surface area contributed by atoms with E-state index < -0.39 is 35.1 Å². The van der Waals surface area contributed by atoms with E-state index in [1.165, 1.54) is 11.8 Å². The van der Waals surface area contributed by atoms with Crippen LogP contribution in [0.25, 0.3) is 0 Å². The molecular weight excluding hydrogens is 584 g/mol. The van der Waals surface area contributed by atoms with Crippen LogP contribution in [0.15, 0.2) is 6.07 Å². The molecule has 10 nitrogen and oxygen atoms in total. The van der Waals surface area contributed by atoms with E-state index in [4.69, 9.17) is 20.2 Å². The summed E-state index contributed by atoms with van der Waals surface area (Å²) in [6.07, 6.45) is -1.84. The van der Waals surface area contributed by atoms with Gasteiger partial charge in [-0.25, -0.2) is 4.39 Å². The summed E-state index contributed by atoms with van der Waals surface area (Å²) >= 11 is 0. The lowest BCUT2D eigenvalue weighted by atomic mass is 9.91. The molecular formula is C30H36F4N6O4. The average molecular weight is 621 g/mol. The van der Waals surface area contributed by atoms with Crippen molar-refractivity contribution in [2.45, 2.75) is 76.4 Å². The molecule has 2 aromatic rings. The lowest BCUT2D eigenvalue weighted by Gasteiger charge is -2.41. The minimum Gasteiger partial charge on any atom is -0.461 e. The Morgan fingerprint density at radius 3 is 2.59 bits per heavy atom. The highest BCUT2D eigenvalue weighted by Gasteiger charge is 2.46. The van der Waals surface area contributed by atoms with Crippen molar-refractivity contribution < 1.29 is 36.6 Å². The van der Waals surface area contributed by atoms with Crippen LogP contribution >= 0.6 is 0 Å². The maximum absolute atomic E-state index is 15.3. The van der Waals surface area contributed by atoms with Crippen molar-refractivity contribution >= 4 is 23.7 Å². The third-order valence-corrected chi connectivity index (χ3v) is 9.58. The van der Waals surface area contributed by atoms with E-state index in [-0.39, 0.29) is 61.2 Å². The Morgan fingerprint density at radius 1 is 1.20 bits per heavy atom. The molecule has 238 valence electrons. The maximum atomic E-state index is 15.3. The minimum atomic E-state index is -4.83. The van der Waals surface area contributed by atoms with Gasteiger partial charge in [0.25, 0.3) is 5.91 Å². The van der Waals surface area contributed by atoms with Gasteiger partial charge in [0.15, 0.2) is 5.82 Å². The molecule has 0 radical (unpaired) electrons. The number of carbonyl (C=O) groups excluding carboxylic acids is 2. The number of nitrogen functional groups attached to an aromatic ring is 1. The fourth-order valence-corrected chi connectivity index (χ4v) is 7.45. The standard InChI is InChI=1S/C30H36F4N6O4/c1-17-11-20(35)26(31)24(25(17)30(32,33)34)22-12-21-19(15-43-22)27(40-10-9-38(13-18(40)2)23(42)14-41)37-28(36-21)44-16-29-5-3-7-39(29)8-4-6-29/h11,14,18,22H,3-10,12-13,15-16,35H2,1-2H3/t18-,22?/m0/s1. The van der Waals surface area contributed by atoms with Crippen molar-refractivity contribution in [2.75, 3.05) is 50.0 Å². The van der Waals surface area contributed by atoms with Crippen LogP contribution in [0, 0.1) is 12.7 Å². The number of fused-ring (bicyclic) bond motifs is 2. The van der Waals surface area contributed by atoms with Crippen LogP contribution in [0.1, 0.15) is 66.7 Å². The summed E-state index contributed by atoms with van der Waals surface area (Å²) in [4.78, 5) is 38.4. The molecule has 44 heavy (non-hydrogen) atoms. The normalized spacial score (nSPS) is 23.4. The summed E-state index contributed by atoms with van der Waals surface area (Å²) in [6, 6.07) is 0.823. The number of hydrogen-bond acceptors (Lipinski definition) is 9. The Hall–Kier alpha value is -3.52. The molecule has 3 fully saturated rings. The number of hydrogen-bond donors (Lipinski definition) is 1. The van der Waals surface area contributed by atoms with Crippen LogP contribution < -0.4 is 15.4 Å². The zero-order valence-corrected chi connectivity index (χ0v) is 24.8. The molecule has 1 aromatic heterocycles. The van der Waals surface area contributed by atoms with Gasteiger partial charge in [0, 0.05) is 43.2 Å². The van der Waals surface area contributed by atoms with Gasteiger partial charge in [0.05, 0.1) is 35.2 Å². The van der Waals surface area contributed by atoms with Crippen LogP contribution in [0.2, 0.25) is 0 Å². The van der Waals surface area contributed by atoms with Crippen LogP contribution in [0.3, 0.4) is 0 Å². The summed E-state index contributed by atoms with van der Waals surface area (Å²) < 4.78 is 70.1. The Balaban J connectivity index is 1.37. The molecule has 0 saturated carbocycles. The second-order valence-electron chi connectivity index (χ2n) is 12.3. The van der Waals surface area contributed by atoms with E-state index in [0.717, 1.165) is 44.8 Å². The SMILES string of the molecule is Cc1cc(N)c(F)c(C2Cc3nc(OCC45CCCN4CCC5)nc(N4CCN(C(=O)C=O)C[C@@H]4C)c3CO2)c1C(F)(F)F. The maximum Gasteiger partial charge on any atom is 0.417 e. The minimum absolute atomic E-state index is 0.0893. The van der Waals surface area contributed by atoms with E-state index in [0.29, 0.717) is 30.2 Å². The molecule has 3 saturated heterocycles. The molecule has 4 aliphatic heterocycles. The highest BCUT2D eigenvalue weighted by Crippen LogP contribution is 2.45. The van der Waals surface area contributed by atoms with Crippen molar-refractivity contribution in [1.82, 2.24) is 19.8 Å². The molecule has 1 aromatic carbocycles. The molecule has 0 bridgehead atoms. The number of amides is 1. The molecule has 2 N–H and O–H groups in total. The number of aryl methyl sites for hydroxylation is 1. The third-order valence-electron chi connectivity index (χ3n) is 9.58. The van der Waals surface area contributed by atoms with Crippen molar-refractivity contribution in [3.05, 3.63) is 39.8 Å². The van der Waals surface area contributed by atoms with Crippen molar-refractivity contribution in [3.63, 3.8) is 0 Å². The Labute approximate surface area is 252 Å². The number of rotatable bonds is 6. The average Bonchev–Trinajstić information content (AvgIpc) is 3.56. The third kappa shape index (κ3) is 5.35. The zero-order chi connectivity index (χ0) is 31.4. The Morgan fingerprint density at radius 2 is 1.93 bits per heavy atom. The molecule has 5 heterocycles. The lowest BCUT2D eigenvalue weighted by Crippen LogP contribution is -2.54. The monoisotopic (exact) mass is 620 g/mol. The summed E-state index contributed by atoms with van der Waals surface area (Å²) in [5, 5.41) is 0. The second kappa shape index (κ2) is 11.4. The number of halogens is 4.